The fourth-order valence-corrected chi connectivity index (χ4v) is 5.81. The van der Waals surface area contributed by atoms with Crippen LogP contribution in [0.5, 0.6) is 17.2 Å². The maximum atomic E-state index is 10.2. The Hall–Kier alpha value is -2.62. The van der Waals surface area contributed by atoms with Gasteiger partial charge in [-0.3, -0.25) is 0 Å². The number of fused-ring (bicyclic) bond motifs is 2. The molecule has 1 aromatic carbocycles. The van der Waals surface area contributed by atoms with E-state index in [4.69, 9.17) is 24.7 Å². The molecule has 0 radical (unpaired) electrons. The topological polar surface area (TPSA) is 123 Å². The highest BCUT2D eigenvalue weighted by Crippen LogP contribution is 2.84. The predicted octanol–water partition coefficient (Wildman–Crippen LogP) is 1.62. The van der Waals surface area contributed by atoms with Gasteiger partial charge in [0.1, 0.15) is 11.3 Å². The van der Waals surface area contributed by atoms with Gasteiger partial charge in [0, 0.05) is 11.7 Å². The largest absolute Gasteiger partial charge is 0.493 e. The number of nitriles is 2. The monoisotopic (exact) mass is 386 g/mol. The number of nitrogens with zero attached hydrogens (tertiary/aromatic N) is 3. The molecule has 4 atom stereocenters. The van der Waals surface area contributed by atoms with E-state index in [0.717, 1.165) is 0 Å². The van der Waals surface area contributed by atoms with Crippen LogP contribution in [-0.2, 0) is 4.74 Å². The summed E-state index contributed by atoms with van der Waals surface area (Å²) in [5, 5.41) is 19.1. The zero-order chi connectivity index (χ0) is 19.4. The summed E-state index contributed by atoms with van der Waals surface area (Å²) < 4.78 is 22.1. The van der Waals surface area contributed by atoms with Gasteiger partial charge in [0.15, 0.2) is 16.9 Å². The summed E-state index contributed by atoms with van der Waals surface area (Å²) in [4.78, 5) is 4.43. The van der Waals surface area contributed by atoms with E-state index >= 15 is 0 Å². The van der Waals surface area contributed by atoms with E-state index in [9.17, 15) is 10.5 Å². The number of ether oxygens (including phenoxy) is 4. The van der Waals surface area contributed by atoms with Gasteiger partial charge >= 0.3 is 0 Å². The van der Waals surface area contributed by atoms with Crippen LogP contribution in [0.2, 0.25) is 0 Å². The summed E-state index contributed by atoms with van der Waals surface area (Å²) in [5.41, 5.74) is 4.45. The molecule has 1 aliphatic carbocycles. The highest BCUT2D eigenvalue weighted by molar-refractivity contribution is 8.00. The molecular formula is C18H18N4O4S. The number of aliphatic imine (C=N–C) groups is 1. The number of hydrogen-bond acceptors (Lipinski definition) is 9. The van der Waals surface area contributed by atoms with E-state index in [1.807, 2.05) is 0 Å². The van der Waals surface area contributed by atoms with E-state index in [1.54, 1.807) is 12.1 Å². The summed E-state index contributed by atoms with van der Waals surface area (Å²) in [6.45, 7) is 0.453. The number of nitrogens with two attached hydrogens (primary N) is 1. The molecule has 1 spiro atoms. The Morgan fingerprint density at radius 3 is 2.30 bits per heavy atom. The van der Waals surface area contributed by atoms with Gasteiger partial charge in [-0.2, -0.15) is 10.5 Å². The van der Waals surface area contributed by atoms with Crippen LogP contribution in [0.25, 0.3) is 0 Å². The SMILES string of the molecule is COc1cc([C@@H]2[C@@]3(C#N)[C@@]4(N=C(N)[C@@]23C#N)OCCS4)cc(OC)c1OC. The lowest BCUT2D eigenvalue weighted by atomic mass is 9.95. The van der Waals surface area contributed by atoms with Gasteiger partial charge in [-0.1, -0.05) is 11.8 Å². The third kappa shape index (κ3) is 1.78. The Kier molecular flexibility index (Phi) is 3.74. The van der Waals surface area contributed by atoms with Gasteiger partial charge in [0.2, 0.25) is 10.8 Å². The summed E-state index contributed by atoms with van der Waals surface area (Å²) in [7, 11) is 4.55. The standard InChI is InChI=1S/C18H18N4O4S/c1-23-11-6-10(7-12(24-2)13(11)25-3)14-16(8-19)15(21)22-18(17(14,16)9-20)26-4-5-27-18/h6-7,14H,4-5H2,1-3H3,(H2,21,22)/t14-,16+,17+,18+/m0/s1. The van der Waals surface area contributed by atoms with Crippen molar-refractivity contribution in [3.8, 4) is 29.4 Å². The molecule has 27 heavy (non-hydrogen) atoms. The molecular weight excluding hydrogens is 368 g/mol. The minimum atomic E-state index is -1.25. The minimum Gasteiger partial charge on any atom is -0.493 e. The number of thioether (sulfide) groups is 1. The molecule has 0 amide bonds. The third-order valence-electron chi connectivity index (χ3n) is 5.63. The number of rotatable bonds is 4. The molecule has 140 valence electrons. The predicted molar refractivity (Wildman–Crippen MR) is 97.7 cm³/mol. The van der Waals surface area contributed by atoms with E-state index in [1.165, 1.54) is 33.1 Å². The second kappa shape index (κ2) is 5.69. The van der Waals surface area contributed by atoms with Gasteiger partial charge in [0.05, 0.1) is 40.1 Å². The summed E-state index contributed by atoms with van der Waals surface area (Å²) >= 11 is 1.42. The first-order valence-corrected chi connectivity index (χ1v) is 9.26. The van der Waals surface area contributed by atoms with Gasteiger partial charge < -0.3 is 24.7 Å². The molecule has 2 N–H and O–H groups in total. The normalized spacial score (nSPS) is 35.7. The molecule has 8 nitrogen and oxygen atoms in total. The van der Waals surface area contributed by atoms with Gasteiger partial charge in [-0.15, -0.1) is 0 Å². The molecule has 2 aliphatic heterocycles. The van der Waals surface area contributed by atoms with Crippen molar-refractivity contribution in [3.05, 3.63) is 17.7 Å². The first-order valence-electron chi connectivity index (χ1n) is 8.28. The summed E-state index contributed by atoms with van der Waals surface area (Å²) in [6.07, 6.45) is 0. The molecule has 9 heteroatoms. The Morgan fingerprint density at radius 1 is 1.19 bits per heavy atom. The van der Waals surface area contributed by atoms with Crippen LogP contribution in [0.3, 0.4) is 0 Å². The van der Waals surface area contributed by atoms with E-state index < -0.39 is 21.8 Å². The molecule has 1 aromatic rings. The number of methoxy groups -OCH3 is 3. The van der Waals surface area contributed by atoms with Crippen molar-refractivity contribution in [1.29, 1.82) is 10.5 Å². The highest BCUT2D eigenvalue weighted by atomic mass is 32.2. The van der Waals surface area contributed by atoms with Crippen molar-refractivity contribution >= 4 is 17.6 Å². The van der Waals surface area contributed by atoms with E-state index in [2.05, 4.69) is 17.1 Å². The average molecular weight is 386 g/mol. The van der Waals surface area contributed by atoms with Crippen LogP contribution in [0.1, 0.15) is 11.5 Å². The van der Waals surface area contributed by atoms with Gasteiger partial charge in [0.25, 0.3) is 0 Å². The van der Waals surface area contributed by atoms with Crippen LogP contribution >= 0.6 is 11.8 Å². The molecule has 0 unspecified atom stereocenters. The first kappa shape index (κ1) is 17.8. The molecule has 4 rings (SSSR count). The van der Waals surface area contributed by atoms with Crippen LogP contribution in [0.15, 0.2) is 17.1 Å². The van der Waals surface area contributed by atoms with Crippen molar-refractivity contribution in [2.45, 2.75) is 11.0 Å². The van der Waals surface area contributed by atoms with Crippen molar-refractivity contribution in [2.75, 3.05) is 33.7 Å². The van der Waals surface area contributed by atoms with Crippen LogP contribution in [-0.4, -0.2) is 44.6 Å². The Balaban J connectivity index is 1.93. The molecule has 2 heterocycles. The van der Waals surface area contributed by atoms with E-state index in [0.29, 0.717) is 35.2 Å². The summed E-state index contributed by atoms with van der Waals surface area (Å²) in [5.74, 6) is 1.64. The van der Waals surface area contributed by atoms with Gasteiger partial charge in [-0.05, 0) is 17.7 Å². The lowest BCUT2D eigenvalue weighted by Crippen LogP contribution is -2.34. The zero-order valence-corrected chi connectivity index (χ0v) is 15.9. The smallest absolute Gasteiger partial charge is 0.230 e. The fourth-order valence-electron chi connectivity index (χ4n) is 4.49. The van der Waals surface area contributed by atoms with Crippen molar-refractivity contribution in [2.24, 2.45) is 21.6 Å². The third-order valence-corrected chi connectivity index (χ3v) is 6.92. The van der Waals surface area contributed by atoms with E-state index in [-0.39, 0.29) is 5.84 Å². The first-order chi connectivity index (χ1) is 13.0. The molecule has 1 saturated heterocycles. The van der Waals surface area contributed by atoms with Crippen molar-refractivity contribution in [1.82, 2.24) is 0 Å². The summed E-state index contributed by atoms with van der Waals surface area (Å²) in [6, 6.07) is 8.13. The maximum Gasteiger partial charge on any atom is 0.230 e. The van der Waals surface area contributed by atoms with Crippen molar-refractivity contribution in [3.63, 3.8) is 0 Å². The highest BCUT2D eigenvalue weighted by Gasteiger charge is 2.93. The van der Waals surface area contributed by atoms with Crippen LogP contribution in [0.4, 0.5) is 0 Å². The Bertz CT molecular complexity index is 905. The number of amidine groups is 1. The lowest BCUT2D eigenvalue weighted by Gasteiger charge is -2.26. The Labute approximate surface area is 160 Å². The molecule has 1 saturated carbocycles. The van der Waals surface area contributed by atoms with Gasteiger partial charge in [-0.25, -0.2) is 4.99 Å². The fraction of sp³-hybridized carbons (Fsp3) is 0.500. The van der Waals surface area contributed by atoms with Crippen LogP contribution in [0, 0.1) is 33.5 Å². The maximum absolute atomic E-state index is 10.2. The molecule has 3 aliphatic rings. The lowest BCUT2D eigenvalue weighted by molar-refractivity contribution is 0.0200. The zero-order valence-electron chi connectivity index (χ0n) is 15.1. The molecule has 0 bridgehead atoms. The quantitative estimate of drug-likeness (QED) is 0.828. The van der Waals surface area contributed by atoms with Crippen LogP contribution < -0.4 is 19.9 Å². The number of hydrogen-bond donors (Lipinski definition) is 1. The molecule has 2 fully saturated rings. The average Bonchev–Trinajstić information content (AvgIpc) is 2.95. The van der Waals surface area contributed by atoms with Crippen molar-refractivity contribution < 1.29 is 18.9 Å². The second-order valence-corrected chi connectivity index (χ2v) is 7.76. The number of benzene rings is 1. The second-order valence-electron chi connectivity index (χ2n) is 6.51. The Morgan fingerprint density at radius 2 is 1.85 bits per heavy atom. The minimum absolute atomic E-state index is 0.139. The molecule has 0 aromatic heterocycles.